The third kappa shape index (κ3) is 3.53. The number of hydrogen-bond acceptors (Lipinski definition) is 3. The van der Waals surface area contributed by atoms with E-state index in [1.807, 2.05) is 0 Å². The van der Waals surface area contributed by atoms with Gasteiger partial charge in [0.2, 0.25) is 0 Å². The zero-order valence-electron chi connectivity index (χ0n) is 10.8. The molecule has 2 aromatic rings. The van der Waals surface area contributed by atoms with Crippen LogP contribution in [0, 0.1) is 0 Å². The molecule has 2 N–H and O–H groups in total. The van der Waals surface area contributed by atoms with E-state index in [0.717, 1.165) is 0 Å². The van der Waals surface area contributed by atoms with Gasteiger partial charge < -0.3 is 15.2 Å². The van der Waals surface area contributed by atoms with Gasteiger partial charge in [-0.2, -0.15) is 0 Å². The molecule has 0 aliphatic carbocycles. The summed E-state index contributed by atoms with van der Waals surface area (Å²) in [5, 5.41) is 13.1. The summed E-state index contributed by atoms with van der Waals surface area (Å²) in [4.78, 5) is 12.2. The zero-order valence-corrected chi connectivity index (χ0v) is 13.1. The van der Waals surface area contributed by atoms with Gasteiger partial charge in [-0.15, -0.1) is 0 Å². The molecule has 0 saturated heterocycles. The van der Waals surface area contributed by atoms with Crippen LogP contribution >= 0.6 is 34.8 Å². The van der Waals surface area contributed by atoms with Crippen molar-refractivity contribution in [3.8, 4) is 11.5 Å². The number of benzene rings is 2. The molecule has 21 heavy (non-hydrogen) atoms. The van der Waals surface area contributed by atoms with Crippen LogP contribution in [0.1, 0.15) is 10.4 Å². The number of phenols is 1. The number of methoxy groups -OCH3 is 1. The van der Waals surface area contributed by atoms with E-state index in [1.54, 1.807) is 6.07 Å². The summed E-state index contributed by atoms with van der Waals surface area (Å²) in [5.74, 6) is -0.332. The Morgan fingerprint density at radius 1 is 1.14 bits per heavy atom. The molecule has 1 amide bonds. The van der Waals surface area contributed by atoms with Gasteiger partial charge >= 0.3 is 0 Å². The predicted octanol–water partition coefficient (Wildman–Crippen LogP) is 4.61. The summed E-state index contributed by atoms with van der Waals surface area (Å²) < 4.78 is 4.95. The Morgan fingerprint density at radius 3 is 2.29 bits per heavy atom. The van der Waals surface area contributed by atoms with Gasteiger partial charge in [0.05, 0.1) is 28.4 Å². The molecule has 0 heterocycles. The highest BCUT2D eigenvalue weighted by Gasteiger charge is 2.16. The molecule has 0 fully saturated rings. The first kappa shape index (κ1) is 15.8. The molecule has 7 heteroatoms. The number of anilines is 1. The number of rotatable bonds is 3. The van der Waals surface area contributed by atoms with Crippen LogP contribution in [0.2, 0.25) is 15.1 Å². The topological polar surface area (TPSA) is 58.6 Å². The lowest BCUT2D eigenvalue weighted by Crippen LogP contribution is -2.13. The van der Waals surface area contributed by atoms with Crippen molar-refractivity contribution in [3.05, 3.63) is 51.0 Å². The minimum absolute atomic E-state index is 0.0675. The van der Waals surface area contributed by atoms with Crippen LogP contribution in [-0.4, -0.2) is 18.1 Å². The zero-order chi connectivity index (χ0) is 15.6. The standard InChI is InChI=1S/C14H10Cl3NO3/c1-21-8-2-3-9(12(19)6-8)14(20)18-13-10(16)4-7(15)5-11(13)17/h2-6,19H,1H3,(H,18,20). The van der Waals surface area contributed by atoms with Crippen molar-refractivity contribution >= 4 is 46.4 Å². The van der Waals surface area contributed by atoms with Crippen molar-refractivity contribution in [1.29, 1.82) is 0 Å². The number of aromatic hydroxyl groups is 1. The van der Waals surface area contributed by atoms with Gasteiger partial charge in [0.25, 0.3) is 5.91 Å². The van der Waals surface area contributed by atoms with E-state index in [0.29, 0.717) is 10.8 Å². The van der Waals surface area contributed by atoms with E-state index < -0.39 is 5.91 Å². The number of amides is 1. The Hall–Kier alpha value is -1.62. The highest BCUT2D eigenvalue weighted by Crippen LogP contribution is 2.34. The lowest BCUT2D eigenvalue weighted by Gasteiger charge is -2.11. The first-order chi connectivity index (χ1) is 9.92. The molecular formula is C14H10Cl3NO3. The molecule has 2 rings (SSSR count). The monoisotopic (exact) mass is 345 g/mol. The fourth-order valence-corrected chi connectivity index (χ4v) is 2.58. The maximum absolute atomic E-state index is 12.2. The Morgan fingerprint density at radius 2 is 1.76 bits per heavy atom. The molecule has 0 aromatic heterocycles. The first-order valence-electron chi connectivity index (χ1n) is 5.75. The minimum Gasteiger partial charge on any atom is -0.507 e. The average molecular weight is 347 g/mol. The molecule has 0 radical (unpaired) electrons. The quantitative estimate of drug-likeness (QED) is 0.853. The van der Waals surface area contributed by atoms with Crippen molar-refractivity contribution < 1.29 is 14.6 Å². The Kier molecular flexibility index (Phi) is 4.83. The number of nitrogens with one attached hydrogen (secondary N) is 1. The van der Waals surface area contributed by atoms with Gasteiger partial charge in [-0.05, 0) is 24.3 Å². The van der Waals surface area contributed by atoms with Gasteiger partial charge in [-0.25, -0.2) is 0 Å². The van der Waals surface area contributed by atoms with E-state index in [2.05, 4.69) is 5.32 Å². The highest BCUT2D eigenvalue weighted by molar-refractivity contribution is 6.42. The van der Waals surface area contributed by atoms with Crippen LogP contribution in [0.15, 0.2) is 30.3 Å². The van der Waals surface area contributed by atoms with Crippen LogP contribution in [0.5, 0.6) is 11.5 Å². The summed E-state index contributed by atoms with van der Waals surface area (Å²) in [6.07, 6.45) is 0. The van der Waals surface area contributed by atoms with Crippen LogP contribution in [0.4, 0.5) is 5.69 Å². The Bertz CT molecular complexity index is 681. The molecule has 0 aliphatic heterocycles. The van der Waals surface area contributed by atoms with E-state index in [4.69, 9.17) is 39.5 Å². The molecule has 4 nitrogen and oxygen atoms in total. The third-order valence-corrected chi connectivity index (χ3v) is 3.51. The molecule has 110 valence electrons. The average Bonchev–Trinajstić information content (AvgIpc) is 2.42. The third-order valence-electron chi connectivity index (χ3n) is 2.69. The molecule has 0 aliphatic rings. The van der Waals surface area contributed by atoms with Crippen LogP contribution in [0.25, 0.3) is 0 Å². The van der Waals surface area contributed by atoms with Gasteiger partial charge in [0, 0.05) is 11.1 Å². The van der Waals surface area contributed by atoms with Crippen LogP contribution in [0.3, 0.4) is 0 Å². The molecule has 0 atom stereocenters. The first-order valence-corrected chi connectivity index (χ1v) is 6.88. The van der Waals surface area contributed by atoms with Gasteiger partial charge in [-0.3, -0.25) is 4.79 Å². The number of carbonyl (C=O) groups is 1. The van der Waals surface area contributed by atoms with Crippen molar-refractivity contribution in [2.75, 3.05) is 12.4 Å². The SMILES string of the molecule is COc1ccc(C(=O)Nc2c(Cl)cc(Cl)cc2Cl)c(O)c1. The van der Waals surface area contributed by atoms with Gasteiger partial charge in [0.1, 0.15) is 11.5 Å². The lowest BCUT2D eigenvalue weighted by molar-refractivity contribution is 0.102. The number of hydrogen-bond donors (Lipinski definition) is 2. The summed E-state index contributed by atoms with van der Waals surface area (Å²) >= 11 is 17.8. The maximum Gasteiger partial charge on any atom is 0.259 e. The highest BCUT2D eigenvalue weighted by atomic mass is 35.5. The second-order valence-corrected chi connectivity index (χ2v) is 5.33. The maximum atomic E-state index is 12.2. The molecule has 2 aromatic carbocycles. The Balaban J connectivity index is 2.30. The van der Waals surface area contributed by atoms with Crippen LogP contribution in [-0.2, 0) is 0 Å². The van der Waals surface area contributed by atoms with E-state index in [-0.39, 0.29) is 27.0 Å². The second kappa shape index (κ2) is 6.43. The smallest absolute Gasteiger partial charge is 0.259 e. The van der Waals surface area contributed by atoms with Crippen molar-refractivity contribution in [1.82, 2.24) is 0 Å². The van der Waals surface area contributed by atoms with Crippen LogP contribution < -0.4 is 10.1 Å². The molecular weight excluding hydrogens is 337 g/mol. The molecule has 0 bridgehead atoms. The van der Waals surface area contributed by atoms with Gasteiger partial charge in [0.15, 0.2) is 0 Å². The number of phenolic OH excluding ortho intramolecular Hbond substituents is 1. The number of ether oxygens (including phenoxy) is 1. The largest absolute Gasteiger partial charge is 0.507 e. The molecule has 0 saturated carbocycles. The Labute approximate surface area is 136 Å². The lowest BCUT2D eigenvalue weighted by atomic mass is 10.1. The minimum atomic E-state index is -0.554. The summed E-state index contributed by atoms with van der Waals surface area (Å²) in [6.45, 7) is 0. The summed E-state index contributed by atoms with van der Waals surface area (Å²) in [7, 11) is 1.46. The molecule has 0 unspecified atom stereocenters. The van der Waals surface area contributed by atoms with E-state index in [9.17, 15) is 9.90 Å². The van der Waals surface area contributed by atoms with Gasteiger partial charge in [-0.1, -0.05) is 34.8 Å². The normalized spacial score (nSPS) is 10.3. The number of carbonyl (C=O) groups excluding carboxylic acids is 1. The predicted molar refractivity (Wildman–Crippen MR) is 84.1 cm³/mol. The fourth-order valence-electron chi connectivity index (χ4n) is 1.67. The number of halogens is 3. The fraction of sp³-hybridized carbons (Fsp3) is 0.0714. The van der Waals surface area contributed by atoms with E-state index >= 15 is 0 Å². The summed E-state index contributed by atoms with van der Waals surface area (Å²) in [6, 6.07) is 7.23. The van der Waals surface area contributed by atoms with Crippen molar-refractivity contribution in [3.63, 3.8) is 0 Å². The molecule has 0 spiro atoms. The second-order valence-electron chi connectivity index (χ2n) is 4.08. The van der Waals surface area contributed by atoms with Crippen molar-refractivity contribution in [2.45, 2.75) is 0 Å². The summed E-state index contributed by atoms with van der Waals surface area (Å²) in [5.41, 5.74) is 0.292. The van der Waals surface area contributed by atoms with Crippen molar-refractivity contribution in [2.24, 2.45) is 0 Å². The van der Waals surface area contributed by atoms with E-state index in [1.165, 1.54) is 31.4 Å².